The van der Waals surface area contributed by atoms with Crippen LogP contribution in [0.2, 0.25) is 0 Å². The zero-order valence-electron chi connectivity index (χ0n) is 10.1. The molecule has 1 aromatic rings. The highest BCUT2D eigenvalue weighted by molar-refractivity contribution is 4.81. The Balaban J connectivity index is 2.34. The lowest BCUT2D eigenvalue weighted by atomic mass is 10.2. The predicted octanol–water partition coefficient (Wildman–Crippen LogP) is 1.61. The molecule has 0 radical (unpaired) electrons. The van der Waals surface area contributed by atoms with Crippen LogP contribution in [0.25, 0.3) is 0 Å². The molecule has 4 nitrogen and oxygen atoms in total. The summed E-state index contributed by atoms with van der Waals surface area (Å²) < 4.78 is 3.53. The van der Waals surface area contributed by atoms with Crippen molar-refractivity contribution in [3.05, 3.63) is 22.9 Å². The molecule has 0 amide bonds. The third kappa shape index (κ3) is 3.85. The van der Waals surface area contributed by atoms with Gasteiger partial charge in [-0.25, -0.2) is 4.79 Å². The lowest BCUT2D eigenvalue weighted by Gasteiger charge is -2.01. The molecule has 0 aliphatic carbocycles. The van der Waals surface area contributed by atoms with E-state index in [0.29, 0.717) is 0 Å². The molecule has 0 bridgehead atoms. The van der Waals surface area contributed by atoms with Crippen LogP contribution in [0.1, 0.15) is 39.0 Å². The summed E-state index contributed by atoms with van der Waals surface area (Å²) in [5, 5.41) is 8.63. The van der Waals surface area contributed by atoms with Crippen LogP contribution < -0.4 is 5.69 Å². The average Bonchev–Trinajstić information content (AvgIpc) is 2.62. The van der Waals surface area contributed by atoms with Gasteiger partial charge in [0.15, 0.2) is 0 Å². The largest absolute Gasteiger partial charge is 0.396 e. The number of aliphatic hydroxyl groups is 1. The number of aliphatic hydroxyl groups excluding tert-OH is 1. The summed E-state index contributed by atoms with van der Waals surface area (Å²) in [6.07, 6.45) is 8.71. The first kappa shape index (κ1) is 13.0. The molecule has 0 aromatic carbocycles. The van der Waals surface area contributed by atoms with Crippen molar-refractivity contribution in [2.24, 2.45) is 0 Å². The third-order valence-corrected chi connectivity index (χ3v) is 2.69. The van der Waals surface area contributed by atoms with Crippen LogP contribution in [0.15, 0.2) is 17.2 Å². The molecule has 0 fully saturated rings. The Morgan fingerprint density at radius 2 is 1.69 bits per heavy atom. The average molecular weight is 226 g/mol. The molecule has 0 unspecified atom stereocenters. The molecular formula is C12H22N2O2. The van der Waals surface area contributed by atoms with Gasteiger partial charge in [-0.05, 0) is 19.3 Å². The summed E-state index contributed by atoms with van der Waals surface area (Å²) in [6, 6.07) is 0. The molecule has 0 atom stereocenters. The Morgan fingerprint density at radius 3 is 2.31 bits per heavy atom. The summed E-state index contributed by atoms with van der Waals surface area (Å²) >= 11 is 0. The minimum atomic E-state index is 0.101. The van der Waals surface area contributed by atoms with Crippen LogP contribution in [0.3, 0.4) is 0 Å². The summed E-state index contributed by atoms with van der Waals surface area (Å²) in [6.45, 7) is 3.93. The van der Waals surface area contributed by atoms with Gasteiger partial charge in [-0.1, -0.05) is 19.8 Å². The number of hydrogen-bond donors (Lipinski definition) is 1. The van der Waals surface area contributed by atoms with E-state index in [-0.39, 0.29) is 12.3 Å². The van der Waals surface area contributed by atoms with Gasteiger partial charge in [-0.15, -0.1) is 0 Å². The molecule has 16 heavy (non-hydrogen) atoms. The van der Waals surface area contributed by atoms with Gasteiger partial charge < -0.3 is 5.11 Å². The number of aromatic nitrogens is 2. The van der Waals surface area contributed by atoms with Gasteiger partial charge in [0.25, 0.3) is 0 Å². The van der Waals surface area contributed by atoms with Gasteiger partial charge >= 0.3 is 5.69 Å². The second-order valence-corrected chi connectivity index (χ2v) is 4.11. The lowest BCUT2D eigenvalue weighted by molar-refractivity contribution is 0.282. The molecule has 0 saturated carbocycles. The fourth-order valence-electron chi connectivity index (χ4n) is 1.78. The fourth-order valence-corrected chi connectivity index (χ4v) is 1.78. The molecule has 1 rings (SSSR count). The Labute approximate surface area is 96.5 Å². The lowest BCUT2D eigenvalue weighted by Crippen LogP contribution is -2.24. The highest BCUT2D eigenvalue weighted by atomic mass is 16.2. The number of nitrogens with zero attached hydrogens (tertiary/aromatic N) is 2. The first-order chi connectivity index (χ1) is 7.79. The maximum absolute atomic E-state index is 11.8. The molecule has 4 heteroatoms. The van der Waals surface area contributed by atoms with Crippen LogP contribution in [0.4, 0.5) is 0 Å². The van der Waals surface area contributed by atoms with Crippen LogP contribution in [-0.2, 0) is 13.1 Å². The van der Waals surface area contributed by atoms with Gasteiger partial charge in [0, 0.05) is 32.1 Å². The van der Waals surface area contributed by atoms with E-state index in [1.165, 1.54) is 0 Å². The molecule has 0 aliphatic rings. The third-order valence-electron chi connectivity index (χ3n) is 2.69. The van der Waals surface area contributed by atoms with Crippen molar-refractivity contribution in [3.8, 4) is 0 Å². The van der Waals surface area contributed by atoms with Crippen molar-refractivity contribution >= 4 is 0 Å². The van der Waals surface area contributed by atoms with E-state index in [1.54, 1.807) is 9.13 Å². The molecule has 1 heterocycles. The van der Waals surface area contributed by atoms with Gasteiger partial charge in [-0.2, -0.15) is 0 Å². The number of aryl methyl sites for hydroxylation is 2. The SMILES string of the molecule is CCCn1ccn(CCCCCCO)c1=O. The van der Waals surface area contributed by atoms with Crippen LogP contribution in [0.5, 0.6) is 0 Å². The summed E-state index contributed by atoms with van der Waals surface area (Å²) in [7, 11) is 0. The molecule has 0 saturated heterocycles. The predicted molar refractivity (Wildman–Crippen MR) is 64.5 cm³/mol. The van der Waals surface area contributed by atoms with Crippen LogP contribution in [-0.4, -0.2) is 20.8 Å². The van der Waals surface area contributed by atoms with Crippen LogP contribution in [0, 0.1) is 0 Å². The number of hydrogen-bond acceptors (Lipinski definition) is 2. The van der Waals surface area contributed by atoms with Crippen LogP contribution >= 0.6 is 0 Å². The van der Waals surface area contributed by atoms with Crippen molar-refractivity contribution in [2.75, 3.05) is 6.61 Å². The van der Waals surface area contributed by atoms with Gasteiger partial charge in [0.05, 0.1) is 0 Å². The Bertz CT molecular complexity index is 341. The molecular weight excluding hydrogens is 204 g/mol. The Morgan fingerprint density at radius 1 is 1.06 bits per heavy atom. The highest BCUT2D eigenvalue weighted by Gasteiger charge is 2.01. The van der Waals surface area contributed by atoms with E-state index in [4.69, 9.17) is 5.11 Å². The summed E-state index contributed by atoms with van der Waals surface area (Å²) in [4.78, 5) is 11.8. The van der Waals surface area contributed by atoms with E-state index >= 15 is 0 Å². The van der Waals surface area contributed by atoms with Gasteiger partial charge in [0.1, 0.15) is 0 Å². The van der Waals surface area contributed by atoms with Crippen molar-refractivity contribution in [1.29, 1.82) is 0 Å². The monoisotopic (exact) mass is 226 g/mol. The van der Waals surface area contributed by atoms with Gasteiger partial charge in [0.2, 0.25) is 0 Å². The van der Waals surface area contributed by atoms with E-state index in [0.717, 1.165) is 45.2 Å². The minimum absolute atomic E-state index is 0.101. The van der Waals surface area contributed by atoms with Crippen molar-refractivity contribution in [1.82, 2.24) is 9.13 Å². The first-order valence-corrected chi connectivity index (χ1v) is 6.16. The van der Waals surface area contributed by atoms with E-state index in [1.807, 2.05) is 12.4 Å². The van der Waals surface area contributed by atoms with Crippen molar-refractivity contribution in [3.63, 3.8) is 0 Å². The highest BCUT2D eigenvalue weighted by Crippen LogP contribution is 2.00. The van der Waals surface area contributed by atoms with E-state index in [9.17, 15) is 4.79 Å². The van der Waals surface area contributed by atoms with Crippen molar-refractivity contribution in [2.45, 2.75) is 52.1 Å². The summed E-state index contributed by atoms with van der Waals surface area (Å²) in [5.41, 5.74) is 0.101. The normalized spacial score (nSPS) is 10.9. The van der Waals surface area contributed by atoms with Crippen molar-refractivity contribution < 1.29 is 5.11 Å². The smallest absolute Gasteiger partial charge is 0.328 e. The van der Waals surface area contributed by atoms with E-state index < -0.39 is 0 Å². The molecule has 1 N–H and O–H groups in total. The Kier molecular flexibility index (Phi) is 5.93. The second-order valence-electron chi connectivity index (χ2n) is 4.11. The fraction of sp³-hybridized carbons (Fsp3) is 0.750. The maximum atomic E-state index is 11.8. The number of unbranched alkanes of at least 4 members (excludes halogenated alkanes) is 3. The topological polar surface area (TPSA) is 47.2 Å². The molecule has 0 spiro atoms. The summed E-state index contributed by atoms with van der Waals surface area (Å²) in [5.74, 6) is 0. The van der Waals surface area contributed by atoms with E-state index in [2.05, 4.69) is 6.92 Å². The quantitative estimate of drug-likeness (QED) is 0.685. The maximum Gasteiger partial charge on any atom is 0.328 e. The van der Waals surface area contributed by atoms with Gasteiger partial charge in [-0.3, -0.25) is 9.13 Å². The standard InChI is InChI=1S/C12H22N2O2/c1-2-7-13-9-10-14(12(13)16)8-5-3-4-6-11-15/h9-10,15H,2-8,11H2,1H3. The molecule has 0 aliphatic heterocycles. The first-order valence-electron chi connectivity index (χ1n) is 6.16. The minimum Gasteiger partial charge on any atom is -0.396 e. The zero-order valence-corrected chi connectivity index (χ0v) is 10.1. The second kappa shape index (κ2) is 7.28. The zero-order chi connectivity index (χ0) is 11.8. The number of rotatable bonds is 8. The Hall–Kier alpha value is -1.03. The number of imidazole rings is 1. The molecule has 92 valence electrons. The molecule has 1 aromatic heterocycles.